The molecule has 1 fully saturated rings. The molecule has 11 nitrogen and oxygen atoms in total. The van der Waals surface area contributed by atoms with Crippen LogP contribution in [0.4, 0.5) is 0 Å². The van der Waals surface area contributed by atoms with Crippen LogP contribution in [-0.4, -0.2) is 67.5 Å². The van der Waals surface area contributed by atoms with Crippen LogP contribution < -0.4 is 5.32 Å². The number of ether oxygens (including phenoxy) is 5. The largest absolute Gasteiger partial charge is 0.467 e. The van der Waals surface area contributed by atoms with Gasteiger partial charge in [-0.3, -0.25) is 19.2 Å². The maximum absolute atomic E-state index is 12.7. The van der Waals surface area contributed by atoms with Crippen molar-refractivity contribution in [3.63, 3.8) is 0 Å². The standard InChI is InChI=1S/C21H24ClNO10/c1-10(24)30-16-17(31-11(2)25)19(21(28)29-4)33-20(18(16)32-12(3)26)23-15(27)9-13-5-7-14(22)8-6-13/h5-8,16-20H,9H2,1-4H3,(H,23,27)/t16-,17-,18+,19-,20+/m0/s1. The predicted molar refractivity (Wildman–Crippen MR) is 111 cm³/mol. The van der Waals surface area contributed by atoms with E-state index >= 15 is 0 Å². The van der Waals surface area contributed by atoms with Crippen molar-refractivity contribution in [2.45, 2.75) is 57.8 Å². The first-order valence-electron chi connectivity index (χ1n) is 9.80. The van der Waals surface area contributed by atoms with E-state index < -0.39 is 60.4 Å². The Balaban J connectivity index is 2.37. The minimum absolute atomic E-state index is 0.0989. The molecule has 0 saturated carbocycles. The Morgan fingerprint density at radius 1 is 0.879 bits per heavy atom. The zero-order valence-electron chi connectivity index (χ0n) is 18.4. The van der Waals surface area contributed by atoms with Crippen LogP contribution in [0.3, 0.4) is 0 Å². The van der Waals surface area contributed by atoms with Gasteiger partial charge in [0.25, 0.3) is 0 Å². The number of benzene rings is 1. The van der Waals surface area contributed by atoms with Crippen LogP contribution in [0.15, 0.2) is 24.3 Å². The number of carbonyl (C=O) groups is 5. The Morgan fingerprint density at radius 3 is 1.91 bits per heavy atom. The lowest BCUT2D eigenvalue weighted by atomic mass is 9.96. The monoisotopic (exact) mass is 485 g/mol. The molecule has 1 aromatic rings. The molecule has 1 amide bonds. The lowest BCUT2D eigenvalue weighted by Crippen LogP contribution is -2.67. The van der Waals surface area contributed by atoms with Gasteiger partial charge in [0.05, 0.1) is 13.5 Å². The van der Waals surface area contributed by atoms with E-state index in [9.17, 15) is 24.0 Å². The molecule has 0 spiro atoms. The summed E-state index contributed by atoms with van der Waals surface area (Å²) in [5.41, 5.74) is 0.621. The number of carbonyl (C=O) groups excluding carboxylic acids is 5. The minimum atomic E-state index is -1.59. The van der Waals surface area contributed by atoms with Gasteiger partial charge in [-0.05, 0) is 17.7 Å². The van der Waals surface area contributed by atoms with Crippen molar-refractivity contribution in [2.75, 3.05) is 7.11 Å². The Bertz CT molecular complexity index is 903. The molecule has 1 heterocycles. The number of hydrogen-bond acceptors (Lipinski definition) is 10. The van der Waals surface area contributed by atoms with Crippen molar-refractivity contribution in [3.05, 3.63) is 34.9 Å². The van der Waals surface area contributed by atoms with Crippen molar-refractivity contribution in [1.82, 2.24) is 5.32 Å². The SMILES string of the molecule is COC(=O)[C@H]1O[C@@H](NC(=O)Cc2ccc(Cl)cc2)[C@H](OC(C)=O)[C@@H](OC(C)=O)[C@@H]1OC(C)=O. The summed E-state index contributed by atoms with van der Waals surface area (Å²) in [7, 11) is 1.07. The third-order valence-electron chi connectivity index (χ3n) is 4.46. The molecule has 180 valence electrons. The van der Waals surface area contributed by atoms with Gasteiger partial charge in [0, 0.05) is 25.8 Å². The van der Waals surface area contributed by atoms with Crippen molar-refractivity contribution in [2.24, 2.45) is 0 Å². The molecule has 1 aliphatic rings. The topological polar surface area (TPSA) is 144 Å². The quantitative estimate of drug-likeness (QED) is 0.432. The van der Waals surface area contributed by atoms with Gasteiger partial charge in [-0.25, -0.2) is 4.79 Å². The molecule has 1 N–H and O–H groups in total. The summed E-state index contributed by atoms with van der Waals surface area (Å²) in [6.45, 7) is 3.23. The Morgan fingerprint density at radius 2 is 1.39 bits per heavy atom. The Labute approximate surface area is 194 Å². The van der Waals surface area contributed by atoms with Crippen molar-refractivity contribution >= 4 is 41.4 Å². The third-order valence-corrected chi connectivity index (χ3v) is 4.71. The summed E-state index contributed by atoms with van der Waals surface area (Å²) in [5, 5.41) is 3.00. The van der Waals surface area contributed by atoms with Gasteiger partial charge in [0.15, 0.2) is 30.6 Å². The van der Waals surface area contributed by atoms with Crippen LogP contribution in [0.5, 0.6) is 0 Å². The molecule has 33 heavy (non-hydrogen) atoms. The van der Waals surface area contributed by atoms with Gasteiger partial charge in [-0.15, -0.1) is 0 Å². The lowest BCUT2D eigenvalue weighted by molar-refractivity contribution is -0.252. The number of nitrogens with one attached hydrogen (secondary N) is 1. The Hall–Kier alpha value is -3.18. The number of halogens is 1. The van der Waals surface area contributed by atoms with Crippen molar-refractivity contribution in [1.29, 1.82) is 0 Å². The van der Waals surface area contributed by atoms with Crippen LogP contribution in [0.2, 0.25) is 5.02 Å². The van der Waals surface area contributed by atoms with Crippen molar-refractivity contribution < 1.29 is 47.7 Å². The number of rotatable bonds is 7. The molecule has 5 atom stereocenters. The van der Waals surface area contributed by atoms with Gasteiger partial charge in [0.2, 0.25) is 5.91 Å². The maximum Gasteiger partial charge on any atom is 0.339 e. The molecule has 1 aliphatic heterocycles. The van der Waals surface area contributed by atoms with Gasteiger partial charge in [-0.2, -0.15) is 0 Å². The van der Waals surface area contributed by atoms with E-state index in [0.29, 0.717) is 10.6 Å². The molecule has 0 unspecified atom stereocenters. The number of methoxy groups -OCH3 is 1. The van der Waals surface area contributed by atoms with Crippen molar-refractivity contribution in [3.8, 4) is 0 Å². The first-order chi connectivity index (χ1) is 15.5. The molecule has 1 saturated heterocycles. The second-order valence-electron chi connectivity index (χ2n) is 7.09. The van der Waals surface area contributed by atoms with E-state index in [-0.39, 0.29) is 6.42 Å². The van der Waals surface area contributed by atoms with Gasteiger partial charge < -0.3 is 29.0 Å². The molecule has 2 rings (SSSR count). The average Bonchev–Trinajstić information content (AvgIpc) is 2.72. The molecular formula is C21H24ClNO10. The number of amides is 1. The second kappa shape index (κ2) is 11.6. The summed E-state index contributed by atoms with van der Waals surface area (Å²) >= 11 is 5.85. The lowest BCUT2D eigenvalue weighted by Gasteiger charge is -2.43. The summed E-state index contributed by atoms with van der Waals surface area (Å²) in [6.07, 6.45) is -7.55. The first kappa shape index (κ1) is 26.1. The fourth-order valence-electron chi connectivity index (χ4n) is 3.23. The van der Waals surface area contributed by atoms with E-state index in [1.165, 1.54) is 0 Å². The van der Waals surface area contributed by atoms with E-state index in [1.807, 2.05) is 0 Å². The van der Waals surface area contributed by atoms with Crippen LogP contribution in [-0.2, 0) is 54.1 Å². The summed E-state index contributed by atoms with van der Waals surface area (Å²) in [4.78, 5) is 60.2. The third kappa shape index (κ3) is 7.43. The van der Waals surface area contributed by atoms with Crippen LogP contribution in [0, 0.1) is 0 Å². The second-order valence-corrected chi connectivity index (χ2v) is 7.53. The molecule has 0 aromatic heterocycles. The van der Waals surface area contributed by atoms with Gasteiger partial charge in [0.1, 0.15) is 0 Å². The zero-order chi connectivity index (χ0) is 24.7. The molecule has 0 bridgehead atoms. The molecule has 12 heteroatoms. The highest BCUT2D eigenvalue weighted by atomic mass is 35.5. The smallest absolute Gasteiger partial charge is 0.339 e. The normalized spacial score (nSPS) is 24.2. The summed E-state index contributed by atoms with van der Waals surface area (Å²) in [5.74, 6) is -3.95. The highest BCUT2D eigenvalue weighted by Crippen LogP contribution is 2.29. The predicted octanol–water partition coefficient (Wildman–Crippen LogP) is 0.692. The molecule has 0 radical (unpaired) electrons. The molecule has 1 aromatic carbocycles. The zero-order valence-corrected chi connectivity index (χ0v) is 19.1. The van der Waals surface area contributed by atoms with Crippen LogP contribution in [0.25, 0.3) is 0 Å². The van der Waals surface area contributed by atoms with Crippen LogP contribution >= 0.6 is 11.6 Å². The highest BCUT2D eigenvalue weighted by Gasteiger charge is 2.55. The van der Waals surface area contributed by atoms with E-state index in [0.717, 1.165) is 27.9 Å². The van der Waals surface area contributed by atoms with Gasteiger partial charge >= 0.3 is 23.9 Å². The van der Waals surface area contributed by atoms with E-state index in [1.54, 1.807) is 24.3 Å². The fourth-order valence-corrected chi connectivity index (χ4v) is 3.36. The number of hydrogen-bond donors (Lipinski definition) is 1. The highest BCUT2D eigenvalue weighted by molar-refractivity contribution is 6.30. The number of esters is 4. The first-order valence-corrected chi connectivity index (χ1v) is 10.2. The summed E-state index contributed by atoms with van der Waals surface area (Å²) < 4.78 is 26.0. The average molecular weight is 486 g/mol. The van der Waals surface area contributed by atoms with Gasteiger partial charge in [-0.1, -0.05) is 23.7 Å². The van der Waals surface area contributed by atoms with Crippen LogP contribution in [0.1, 0.15) is 26.3 Å². The van der Waals surface area contributed by atoms with E-state index in [4.69, 9.17) is 35.3 Å². The minimum Gasteiger partial charge on any atom is -0.467 e. The Kier molecular flexibility index (Phi) is 9.18. The van der Waals surface area contributed by atoms with E-state index in [2.05, 4.69) is 5.32 Å². The fraction of sp³-hybridized carbons (Fsp3) is 0.476. The molecular weight excluding hydrogens is 462 g/mol. The molecule has 0 aliphatic carbocycles. The summed E-state index contributed by atoms with van der Waals surface area (Å²) in [6, 6.07) is 6.50. The maximum atomic E-state index is 12.7.